The lowest BCUT2D eigenvalue weighted by Gasteiger charge is -2.31. The third-order valence-electron chi connectivity index (χ3n) is 6.07. The Labute approximate surface area is 160 Å². The van der Waals surface area contributed by atoms with E-state index in [0.29, 0.717) is 16.9 Å². The maximum Gasteiger partial charge on any atom is 0.343 e. The molecule has 2 aliphatic heterocycles. The fraction of sp³-hybridized carbons (Fsp3) is 0.286. The van der Waals surface area contributed by atoms with Crippen molar-refractivity contribution in [1.29, 1.82) is 0 Å². The van der Waals surface area contributed by atoms with E-state index in [4.69, 9.17) is 4.74 Å². The van der Waals surface area contributed by atoms with E-state index in [2.05, 4.69) is 0 Å². The first-order valence-electron chi connectivity index (χ1n) is 9.19. The number of pyridine rings is 2. The molecule has 1 N–H and O–H groups in total. The molecule has 0 aliphatic carbocycles. The monoisotopic (exact) mass is 378 g/mol. The van der Waals surface area contributed by atoms with E-state index < -0.39 is 11.6 Å². The number of benzene rings is 1. The number of hydrogen-bond acceptors (Lipinski definition) is 5. The van der Waals surface area contributed by atoms with Crippen molar-refractivity contribution in [3.8, 4) is 11.4 Å². The topological polar surface area (TPSA) is 95.5 Å². The van der Waals surface area contributed by atoms with Gasteiger partial charge in [0.05, 0.1) is 23.1 Å². The molecule has 5 rings (SSSR count). The molecule has 2 aromatic heterocycles. The average Bonchev–Trinajstić information content (AvgIpc) is 3.10. The van der Waals surface area contributed by atoms with Gasteiger partial charge in [0.2, 0.25) is 11.2 Å². The highest BCUT2D eigenvalue weighted by Gasteiger charge is 2.46. The van der Waals surface area contributed by atoms with Crippen LogP contribution in [-0.2, 0) is 28.3 Å². The number of aliphatic hydroxyl groups is 1. The van der Waals surface area contributed by atoms with E-state index in [1.165, 1.54) is 4.57 Å². The van der Waals surface area contributed by atoms with Crippen LogP contribution in [0.1, 0.15) is 35.6 Å². The lowest BCUT2D eigenvalue weighted by atomic mass is 9.86. The third-order valence-corrected chi connectivity index (χ3v) is 6.07. The van der Waals surface area contributed by atoms with E-state index in [1.807, 2.05) is 19.1 Å². The molecule has 0 spiro atoms. The van der Waals surface area contributed by atoms with Gasteiger partial charge in [-0.25, -0.2) is 4.79 Å². The Balaban J connectivity index is 1.88. The molecular formula is C21H18N2O5. The van der Waals surface area contributed by atoms with Gasteiger partial charge in [0.15, 0.2) is 5.60 Å². The van der Waals surface area contributed by atoms with Crippen molar-refractivity contribution in [2.75, 3.05) is 0 Å². The predicted molar refractivity (Wildman–Crippen MR) is 100 cm³/mol. The van der Waals surface area contributed by atoms with Crippen molar-refractivity contribution < 1.29 is 19.4 Å². The van der Waals surface area contributed by atoms with Crippen LogP contribution >= 0.6 is 0 Å². The highest BCUT2D eigenvalue weighted by molar-refractivity contribution is 5.86. The number of nitrogens with zero attached hydrogens (tertiary/aromatic N) is 2. The van der Waals surface area contributed by atoms with Crippen LogP contribution in [0.15, 0.2) is 35.1 Å². The minimum atomic E-state index is -1.88. The van der Waals surface area contributed by atoms with Gasteiger partial charge in [-0.1, -0.05) is 19.1 Å². The van der Waals surface area contributed by atoms with Crippen LogP contribution < -0.4 is 10.3 Å². The molecule has 1 atom stereocenters. The summed E-state index contributed by atoms with van der Waals surface area (Å²) in [5.41, 5.74) is 1.33. The zero-order valence-electron chi connectivity index (χ0n) is 15.5. The number of hydrogen-bond donors (Lipinski definition) is 1. The fourth-order valence-corrected chi connectivity index (χ4v) is 4.41. The van der Waals surface area contributed by atoms with Gasteiger partial charge in [-0.05, 0) is 31.0 Å². The molecule has 0 saturated heterocycles. The predicted octanol–water partition coefficient (Wildman–Crippen LogP) is 1.63. The van der Waals surface area contributed by atoms with Crippen LogP contribution in [0.2, 0.25) is 0 Å². The first kappa shape index (κ1) is 16.9. The van der Waals surface area contributed by atoms with E-state index in [0.717, 1.165) is 21.2 Å². The Morgan fingerprint density at radius 2 is 2.04 bits per heavy atom. The molecule has 0 fully saturated rings. The summed E-state index contributed by atoms with van der Waals surface area (Å²) >= 11 is 0. The smallest absolute Gasteiger partial charge is 0.343 e. The summed E-state index contributed by atoms with van der Waals surface area (Å²) in [5.74, 6) is -0.769. The van der Waals surface area contributed by atoms with Gasteiger partial charge < -0.3 is 15.1 Å². The van der Waals surface area contributed by atoms with Gasteiger partial charge in [-0.3, -0.25) is 9.36 Å². The second-order valence-electron chi connectivity index (χ2n) is 7.37. The molecular weight excluding hydrogens is 360 g/mol. The number of cyclic esters (lactones) is 1. The van der Waals surface area contributed by atoms with Crippen LogP contribution in [0.5, 0.6) is 0 Å². The minimum absolute atomic E-state index is 0.0721. The van der Waals surface area contributed by atoms with Crippen molar-refractivity contribution in [3.05, 3.63) is 68.1 Å². The largest absolute Gasteiger partial charge is 0.618 e. The third kappa shape index (κ3) is 1.89. The number of ether oxygens (including phenoxy) is 1. The van der Waals surface area contributed by atoms with Gasteiger partial charge in [-0.2, -0.15) is 4.73 Å². The number of fused-ring (bicyclic) bond motifs is 5. The van der Waals surface area contributed by atoms with Crippen molar-refractivity contribution in [2.45, 2.75) is 39.0 Å². The van der Waals surface area contributed by atoms with Crippen LogP contribution in [0.25, 0.3) is 22.3 Å². The first-order chi connectivity index (χ1) is 13.4. The maximum atomic E-state index is 13.2. The molecule has 0 radical (unpaired) electrons. The summed E-state index contributed by atoms with van der Waals surface area (Å²) in [4.78, 5) is 25.4. The zero-order chi connectivity index (χ0) is 19.8. The fourth-order valence-electron chi connectivity index (χ4n) is 4.41. The Hall–Kier alpha value is -3.19. The number of aromatic nitrogens is 2. The van der Waals surface area contributed by atoms with Crippen molar-refractivity contribution in [1.82, 2.24) is 4.57 Å². The summed E-state index contributed by atoms with van der Waals surface area (Å²) < 4.78 is 7.44. The molecule has 7 nitrogen and oxygen atoms in total. The second-order valence-corrected chi connectivity index (χ2v) is 7.37. The Kier molecular flexibility index (Phi) is 3.28. The summed E-state index contributed by atoms with van der Waals surface area (Å²) in [5, 5.41) is 24.9. The molecule has 28 heavy (non-hydrogen) atoms. The van der Waals surface area contributed by atoms with Crippen molar-refractivity contribution >= 4 is 16.9 Å². The maximum absolute atomic E-state index is 13.2. The Morgan fingerprint density at radius 3 is 2.79 bits per heavy atom. The second kappa shape index (κ2) is 5.42. The highest BCUT2D eigenvalue weighted by Crippen LogP contribution is 2.39. The van der Waals surface area contributed by atoms with Crippen LogP contribution in [-0.4, -0.2) is 15.6 Å². The molecule has 0 amide bonds. The molecule has 142 valence electrons. The quantitative estimate of drug-likeness (QED) is 0.309. The van der Waals surface area contributed by atoms with Gasteiger partial charge in [-0.15, -0.1) is 0 Å². The van der Waals surface area contributed by atoms with Crippen LogP contribution in [0.4, 0.5) is 0 Å². The molecule has 3 aromatic rings. The molecule has 0 bridgehead atoms. The molecule has 4 heterocycles. The van der Waals surface area contributed by atoms with Gasteiger partial charge in [0.1, 0.15) is 12.3 Å². The number of carbonyl (C=O) groups is 1. The molecule has 2 aliphatic rings. The summed E-state index contributed by atoms with van der Waals surface area (Å²) in [6, 6.07) is 8.91. The average molecular weight is 378 g/mol. The van der Waals surface area contributed by atoms with Crippen LogP contribution in [0.3, 0.4) is 0 Å². The zero-order valence-corrected chi connectivity index (χ0v) is 15.5. The van der Waals surface area contributed by atoms with E-state index >= 15 is 0 Å². The SMILES string of the molecule is CC[C@@]1(O)C(=O)OCc2c1cc1n(c2=O)Cc2c(C)c3ccccc3[n+]([O-])c2-1. The van der Waals surface area contributed by atoms with Crippen molar-refractivity contribution in [2.24, 2.45) is 0 Å². The molecule has 0 unspecified atom stereocenters. The summed E-state index contributed by atoms with van der Waals surface area (Å²) in [6.07, 6.45) is 0.0721. The van der Waals surface area contributed by atoms with Crippen LogP contribution in [0, 0.1) is 12.1 Å². The minimum Gasteiger partial charge on any atom is -0.618 e. The number of rotatable bonds is 1. The molecule has 1 aromatic carbocycles. The number of esters is 1. The van der Waals surface area contributed by atoms with E-state index in [-0.39, 0.29) is 36.3 Å². The summed E-state index contributed by atoms with van der Waals surface area (Å²) in [6.45, 7) is 3.69. The van der Waals surface area contributed by atoms with Gasteiger partial charge in [0, 0.05) is 11.6 Å². The highest BCUT2D eigenvalue weighted by atomic mass is 16.6. The van der Waals surface area contributed by atoms with Crippen molar-refractivity contribution in [3.63, 3.8) is 0 Å². The van der Waals surface area contributed by atoms with E-state index in [1.54, 1.807) is 25.1 Å². The lowest BCUT2D eigenvalue weighted by Crippen LogP contribution is -2.44. The number of carbonyl (C=O) groups excluding carboxylic acids is 1. The standard InChI is InChI=1S/C21H18N2O5/c1-3-21(26)15-8-17-18-13(9-22(17)19(24)14(15)10-28-20(21)25)11(2)12-6-4-5-7-16(12)23(18)27/h4-8,26H,3,9-10H2,1-2H3/t21-/m0/s1. The number of aryl methyl sites for hydroxylation is 1. The molecule has 7 heteroatoms. The lowest BCUT2D eigenvalue weighted by molar-refractivity contribution is -0.565. The Bertz CT molecular complexity index is 1260. The molecule has 0 saturated carbocycles. The first-order valence-corrected chi connectivity index (χ1v) is 9.19. The Morgan fingerprint density at radius 1 is 1.29 bits per heavy atom. The summed E-state index contributed by atoms with van der Waals surface area (Å²) in [7, 11) is 0. The van der Waals surface area contributed by atoms with E-state index in [9.17, 15) is 19.9 Å². The number of para-hydroxylation sites is 1. The van der Waals surface area contributed by atoms with Gasteiger partial charge >= 0.3 is 5.97 Å². The van der Waals surface area contributed by atoms with Gasteiger partial charge in [0.25, 0.3) is 5.56 Å². The normalized spacial score (nSPS) is 19.9.